The Balaban J connectivity index is 1.54. The highest BCUT2D eigenvalue weighted by Gasteiger charge is 2.35. The number of nitrogens with zero attached hydrogens (tertiary/aromatic N) is 4. The van der Waals surface area contributed by atoms with Crippen molar-refractivity contribution in [2.45, 2.75) is 38.9 Å². The number of hydroxylamine groups is 2. The first-order valence-electron chi connectivity index (χ1n) is 8.44. The summed E-state index contributed by atoms with van der Waals surface area (Å²) >= 11 is 1.78. The molecule has 2 aromatic heterocycles. The van der Waals surface area contributed by atoms with Crippen LogP contribution in [0.5, 0.6) is 0 Å². The Labute approximate surface area is 145 Å². The van der Waals surface area contributed by atoms with Gasteiger partial charge in [0.05, 0.1) is 12.3 Å². The van der Waals surface area contributed by atoms with Crippen molar-refractivity contribution < 1.29 is 9.63 Å². The third-order valence-corrected chi connectivity index (χ3v) is 5.74. The number of amides is 1. The van der Waals surface area contributed by atoms with Crippen molar-refractivity contribution in [3.8, 4) is 0 Å². The number of rotatable bonds is 3. The summed E-state index contributed by atoms with van der Waals surface area (Å²) < 4.78 is 1.87. The predicted octanol–water partition coefficient (Wildman–Crippen LogP) is 2.36. The van der Waals surface area contributed by atoms with Crippen LogP contribution < -0.4 is 0 Å². The van der Waals surface area contributed by atoms with Gasteiger partial charge < -0.3 is 0 Å². The van der Waals surface area contributed by atoms with Crippen LogP contribution in [0, 0.1) is 6.92 Å². The Bertz CT molecular complexity index is 720. The van der Waals surface area contributed by atoms with Crippen LogP contribution in [0.4, 0.5) is 0 Å². The summed E-state index contributed by atoms with van der Waals surface area (Å²) in [6.07, 6.45) is 3.81. The molecular formula is C17H22N4O2S. The predicted molar refractivity (Wildman–Crippen MR) is 91.3 cm³/mol. The molecule has 2 aliphatic heterocycles. The van der Waals surface area contributed by atoms with E-state index in [1.807, 2.05) is 10.7 Å². The second-order valence-corrected chi connectivity index (χ2v) is 7.46. The van der Waals surface area contributed by atoms with Gasteiger partial charge in [-0.1, -0.05) is 0 Å². The van der Waals surface area contributed by atoms with Crippen molar-refractivity contribution >= 4 is 17.2 Å². The number of carbonyl (C=O) groups is 1. The van der Waals surface area contributed by atoms with E-state index in [9.17, 15) is 4.79 Å². The summed E-state index contributed by atoms with van der Waals surface area (Å²) in [5, 5.41) is 8.06. The molecule has 4 heterocycles. The lowest BCUT2D eigenvalue weighted by atomic mass is 10.1. The van der Waals surface area contributed by atoms with Crippen LogP contribution in [-0.4, -0.2) is 45.3 Å². The van der Waals surface area contributed by atoms with Gasteiger partial charge in [0.25, 0.3) is 5.91 Å². The summed E-state index contributed by atoms with van der Waals surface area (Å²) in [6.45, 7) is 5.81. The monoisotopic (exact) mass is 346 g/mol. The van der Waals surface area contributed by atoms with Crippen molar-refractivity contribution in [1.82, 2.24) is 19.7 Å². The van der Waals surface area contributed by atoms with Gasteiger partial charge in [0.1, 0.15) is 6.04 Å². The zero-order valence-electron chi connectivity index (χ0n) is 13.9. The molecule has 1 atom stereocenters. The van der Waals surface area contributed by atoms with Crippen LogP contribution in [0.2, 0.25) is 0 Å². The molecule has 24 heavy (non-hydrogen) atoms. The molecule has 0 unspecified atom stereocenters. The average Bonchev–Trinajstić information content (AvgIpc) is 3.24. The normalized spacial score (nSPS) is 21.7. The molecule has 4 rings (SSSR count). The van der Waals surface area contributed by atoms with Gasteiger partial charge in [0, 0.05) is 37.3 Å². The Hall–Kier alpha value is -1.70. The number of aromatic nitrogens is 2. The van der Waals surface area contributed by atoms with Gasteiger partial charge in [-0.25, -0.2) is 5.06 Å². The van der Waals surface area contributed by atoms with Crippen LogP contribution in [0.25, 0.3) is 0 Å². The number of hydrogen-bond acceptors (Lipinski definition) is 5. The molecule has 128 valence electrons. The first-order valence-corrected chi connectivity index (χ1v) is 9.32. The van der Waals surface area contributed by atoms with Gasteiger partial charge in [-0.2, -0.15) is 5.10 Å². The average molecular weight is 346 g/mol. The lowest BCUT2D eigenvalue weighted by Crippen LogP contribution is -2.47. The third-order valence-electron chi connectivity index (χ3n) is 4.73. The van der Waals surface area contributed by atoms with E-state index in [2.05, 4.69) is 28.4 Å². The minimum Gasteiger partial charge on any atom is -0.290 e. The molecule has 0 aromatic carbocycles. The molecule has 1 saturated heterocycles. The standard InChI is InChI=1S/C17H22N4O2S/c1-13-5-9-24-16(13)12-19-10-14-4-6-18-21(14)15(11-19)17(22)20-7-2-3-8-23-20/h4-6,9,15H,2-3,7-8,10-12H2,1H3/t15-/m0/s1. The molecule has 6 nitrogen and oxygen atoms in total. The SMILES string of the molecule is Cc1ccsc1CN1Cc2ccnn2[C@H](C(=O)N2CCCCO2)C1. The number of fused-ring (bicyclic) bond motifs is 1. The molecule has 1 amide bonds. The minimum absolute atomic E-state index is 0.0206. The summed E-state index contributed by atoms with van der Waals surface area (Å²) in [6, 6.07) is 3.85. The van der Waals surface area contributed by atoms with Gasteiger partial charge in [-0.05, 0) is 42.8 Å². The maximum atomic E-state index is 12.9. The topological polar surface area (TPSA) is 50.6 Å². The molecule has 0 spiro atoms. The van der Waals surface area contributed by atoms with E-state index in [-0.39, 0.29) is 11.9 Å². The van der Waals surface area contributed by atoms with Crippen LogP contribution >= 0.6 is 11.3 Å². The largest absolute Gasteiger partial charge is 0.290 e. The third kappa shape index (κ3) is 2.99. The van der Waals surface area contributed by atoms with Crippen molar-refractivity contribution in [1.29, 1.82) is 0 Å². The Kier molecular flexibility index (Phi) is 4.39. The number of carbonyl (C=O) groups excluding carboxylic acids is 1. The van der Waals surface area contributed by atoms with Crippen molar-refractivity contribution in [2.75, 3.05) is 19.7 Å². The smallest absolute Gasteiger partial charge is 0.272 e. The second kappa shape index (κ2) is 6.66. The quantitative estimate of drug-likeness (QED) is 0.856. The van der Waals surface area contributed by atoms with Gasteiger partial charge in [0.2, 0.25) is 0 Å². The van der Waals surface area contributed by atoms with Gasteiger partial charge in [0.15, 0.2) is 0 Å². The fraction of sp³-hybridized carbons (Fsp3) is 0.529. The van der Waals surface area contributed by atoms with Crippen molar-refractivity contribution in [2.24, 2.45) is 0 Å². The number of aryl methyl sites for hydroxylation is 1. The maximum absolute atomic E-state index is 12.9. The highest BCUT2D eigenvalue weighted by molar-refractivity contribution is 7.10. The van der Waals surface area contributed by atoms with E-state index in [1.165, 1.54) is 10.4 Å². The van der Waals surface area contributed by atoms with Gasteiger partial charge >= 0.3 is 0 Å². The number of hydrogen-bond donors (Lipinski definition) is 0. The van der Waals surface area contributed by atoms with Gasteiger partial charge in [-0.15, -0.1) is 11.3 Å². The van der Waals surface area contributed by atoms with Crippen LogP contribution in [0.1, 0.15) is 35.0 Å². The lowest BCUT2D eigenvalue weighted by molar-refractivity contribution is -0.201. The van der Waals surface area contributed by atoms with E-state index in [1.54, 1.807) is 22.6 Å². The summed E-state index contributed by atoms with van der Waals surface area (Å²) in [4.78, 5) is 22.2. The molecule has 2 aliphatic rings. The number of thiophene rings is 1. The van der Waals surface area contributed by atoms with Gasteiger partial charge in [-0.3, -0.25) is 19.2 Å². The highest BCUT2D eigenvalue weighted by Crippen LogP contribution is 2.26. The highest BCUT2D eigenvalue weighted by atomic mass is 32.1. The van der Waals surface area contributed by atoms with E-state index in [4.69, 9.17) is 4.84 Å². The summed E-state index contributed by atoms with van der Waals surface area (Å²) in [5.41, 5.74) is 2.41. The van der Waals surface area contributed by atoms with Crippen molar-refractivity contribution in [3.63, 3.8) is 0 Å². The molecule has 1 fully saturated rings. The Morgan fingerprint density at radius 1 is 1.42 bits per heavy atom. The van der Waals surface area contributed by atoms with Crippen LogP contribution in [0.15, 0.2) is 23.7 Å². The summed E-state index contributed by atoms with van der Waals surface area (Å²) in [5.74, 6) is 0.0206. The molecule has 0 radical (unpaired) electrons. The van der Waals surface area contributed by atoms with Crippen LogP contribution in [0.3, 0.4) is 0 Å². The summed E-state index contributed by atoms with van der Waals surface area (Å²) in [7, 11) is 0. The molecule has 7 heteroatoms. The zero-order chi connectivity index (χ0) is 16.5. The fourth-order valence-electron chi connectivity index (χ4n) is 3.37. The first kappa shape index (κ1) is 15.8. The maximum Gasteiger partial charge on any atom is 0.272 e. The van der Waals surface area contributed by atoms with E-state index in [0.717, 1.165) is 31.6 Å². The molecule has 0 aliphatic carbocycles. The molecule has 0 N–H and O–H groups in total. The minimum atomic E-state index is -0.304. The molecule has 0 bridgehead atoms. The first-order chi connectivity index (χ1) is 11.7. The second-order valence-electron chi connectivity index (χ2n) is 6.46. The van der Waals surface area contributed by atoms with Crippen molar-refractivity contribution in [3.05, 3.63) is 39.8 Å². The van der Waals surface area contributed by atoms with Crippen LogP contribution in [-0.2, 0) is 22.7 Å². The molecule has 2 aromatic rings. The molecular weight excluding hydrogens is 324 g/mol. The Morgan fingerprint density at radius 2 is 2.33 bits per heavy atom. The fourth-order valence-corrected chi connectivity index (χ4v) is 4.32. The lowest BCUT2D eigenvalue weighted by Gasteiger charge is -2.36. The van der Waals surface area contributed by atoms with E-state index >= 15 is 0 Å². The molecule has 0 saturated carbocycles. The Morgan fingerprint density at radius 3 is 3.08 bits per heavy atom. The zero-order valence-corrected chi connectivity index (χ0v) is 14.7. The van der Waals surface area contributed by atoms with E-state index < -0.39 is 0 Å². The van der Waals surface area contributed by atoms with E-state index in [0.29, 0.717) is 19.7 Å².